The number of nitrogens with two attached hydrogens (primary N) is 1. The molecular formula is C14H18N4O2. The average molecular weight is 274 g/mol. The highest BCUT2D eigenvalue weighted by Crippen LogP contribution is 2.32. The van der Waals surface area contributed by atoms with E-state index in [-0.39, 0.29) is 5.69 Å². The minimum absolute atomic E-state index is 0.0216. The van der Waals surface area contributed by atoms with Gasteiger partial charge in [0, 0.05) is 18.8 Å². The van der Waals surface area contributed by atoms with Gasteiger partial charge in [-0.3, -0.25) is 14.8 Å². The molecule has 6 heteroatoms. The number of anilines is 1. The van der Waals surface area contributed by atoms with Crippen molar-refractivity contribution in [1.29, 1.82) is 0 Å². The van der Waals surface area contributed by atoms with E-state index in [1.165, 1.54) is 6.07 Å². The zero-order valence-electron chi connectivity index (χ0n) is 11.6. The highest BCUT2D eigenvalue weighted by molar-refractivity contribution is 5.78. The Morgan fingerprint density at radius 3 is 2.75 bits per heavy atom. The summed E-state index contributed by atoms with van der Waals surface area (Å²) in [4.78, 5) is 10.6. The zero-order chi connectivity index (χ0) is 14.7. The number of aromatic nitrogens is 2. The highest BCUT2D eigenvalue weighted by Gasteiger charge is 2.19. The van der Waals surface area contributed by atoms with Crippen LogP contribution >= 0.6 is 0 Å². The van der Waals surface area contributed by atoms with Crippen molar-refractivity contribution in [2.24, 2.45) is 5.92 Å². The number of aryl methyl sites for hydroxylation is 1. The molecule has 0 aliphatic heterocycles. The van der Waals surface area contributed by atoms with E-state index in [4.69, 9.17) is 5.73 Å². The molecule has 1 heterocycles. The van der Waals surface area contributed by atoms with Crippen molar-refractivity contribution < 1.29 is 4.92 Å². The lowest BCUT2D eigenvalue weighted by Crippen LogP contribution is -2.02. The quantitative estimate of drug-likeness (QED) is 0.670. The number of rotatable bonds is 5. The van der Waals surface area contributed by atoms with Gasteiger partial charge in [-0.15, -0.1) is 0 Å². The molecule has 0 amide bonds. The Morgan fingerprint density at radius 2 is 2.10 bits per heavy atom. The van der Waals surface area contributed by atoms with Crippen LogP contribution in [0, 0.1) is 16.0 Å². The third-order valence-corrected chi connectivity index (χ3v) is 3.08. The topological polar surface area (TPSA) is 87.0 Å². The van der Waals surface area contributed by atoms with E-state index in [1.807, 2.05) is 0 Å². The van der Waals surface area contributed by atoms with Crippen molar-refractivity contribution in [2.75, 3.05) is 5.73 Å². The maximum absolute atomic E-state index is 11.1. The summed E-state index contributed by atoms with van der Waals surface area (Å²) in [6.07, 6.45) is 2.71. The molecule has 0 aliphatic carbocycles. The summed E-state index contributed by atoms with van der Waals surface area (Å²) >= 11 is 0. The van der Waals surface area contributed by atoms with Crippen LogP contribution < -0.4 is 5.73 Å². The summed E-state index contributed by atoms with van der Waals surface area (Å²) in [5.41, 5.74) is 7.36. The van der Waals surface area contributed by atoms with Gasteiger partial charge in [-0.2, -0.15) is 5.10 Å². The SMILES string of the molecule is CC(C)CCn1cc(N)c(-c2ccccc2[N+](=O)[O-])n1. The van der Waals surface area contributed by atoms with Crippen LogP contribution in [0.15, 0.2) is 30.5 Å². The van der Waals surface area contributed by atoms with Crippen LogP contribution in [-0.2, 0) is 6.54 Å². The molecule has 0 radical (unpaired) electrons. The molecule has 0 unspecified atom stereocenters. The molecule has 0 fully saturated rings. The monoisotopic (exact) mass is 274 g/mol. The summed E-state index contributed by atoms with van der Waals surface area (Å²) in [6.45, 7) is 5.02. The minimum Gasteiger partial charge on any atom is -0.396 e. The van der Waals surface area contributed by atoms with E-state index in [0.29, 0.717) is 22.9 Å². The summed E-state index contributed by atoms with van der Waals surface area (Å²) in [7, 11) is 0. The van der Waals surface area contributed by atoms with Crippen LogP contribution in [0.3, 0.4) is 0 Å². The van der Waals surface area contributed by atoms with Gasteiger partial charge in [-0.1, -0.05) is 26.0 Å². The summed E-state index contributed by atoms with van der Waals surface area (Å²) in [5, 5.41) is 15.4. The molecule has 2 aromatic rings. The first-order valence-electron chi connectivity index (χ1n) is 6.55. The molecule has 0 bridgehead atoms. The maximum Gasteiger partial charge on any atom is 0.278 e. The Hall–Kier alpha value is -2.37. The van der Waals surface area contributed by atoms with Gasteiger partial charge in [-0.25, -0.2) is 0 Å². The summed E-state index contributed by atoms with van der Waals surface area (Å²) < 4.78 is 1.75. The molecule has 0 aliphatic rings. The van der Waals surface area contributed by atoms with Crippen LogP contribution in [0.5, 0.6) is 0 Å². The maximum atomic E-state index is 11.1. The fourth-order valence-electron chi connectivity index (χ4n) is 1.98. The van der Waals surface area contributed by atoms with Crippen LogP contribution in [0.4, 0.5) is 11.4 Å². The smallest absolute Gasteiger partial charge is 0.278 e. The van der Waals surface area contributed by atoms with Crippen molar-refractivity contribution >= 4 is 11.4 Å². The normalized spacial score (nSPS) is 10.9. The third kappa shape index (κ3) is 2.96. The molecule has 106 valence electrons. The second kappa shape index (κ2) is 5.73. The number of hydrogen-bond acceptors (Lipinski definition) is 4. The van der Waals surface area contributed by atoms with Gasteiger partial charge in [0.1, 0.15) is 5.69 Å². The van der Waals surface area contributed by atoms with Crippen molar-refractivity contribution in [3.8, 4) is 11.3 Å². The van der Waals surface area contributed by atoms with Crippen LogP contribution in [0.25, 0.3) is 11.3 Å². The van der Waals surface area contributed by atoms with E-state index < -0.39 is 4.92 Å². The molecule has 1 aromatic heterocycles. The van der Waals surface area contributed by atoms with Crippen LogP contribution in [0.1, 0.15) is 20.3 Å². The van der Waals surface area contributed by atoms with Crippen molar-refractivity contribution in [3.05, 3.63) is 40.6 Å². The van der Waals surface area contributed by atoms with Gasteiger partial charge in [0.05, 0.1) is 16.2 Å². The van der Waals surface area contributed by atoms with Gasteiger partial charge in [-0.05, 0) is 18.4 Å². The Kier molecular flexibility index (Phi) is 4.02. The van der Waals surface area contributed by atoms with Crippen molar-refractivity contribution in [2.45, 2.75) is 26.8 Å². The first kappa shape index (κ1) is 14.0. The minimum atomic E-state index is -0.415. The van der Waals surface area contributed by atoms with Gasteiger partial charge in [0.25, 0.3) is 5.69 Å². The summed E-state index contributed by atoms with van der Waals surface area (Å²) in [5.74, 6) is 0.565. The van der Waals surface area contributed by atoms with E-state index in [0.717, 1.165) is 13.0 Å². The number of hydrogen-bond donors (Lipinski definition) is 1. The number of benzene rings is 1. The van der Waals surface area contributed by atoms with Gasteiger partial charge < -0.3 is 5.73 Å². The fourth-order valence-corrected chi connectivity index (χ4v) is 1.98. The van der Waals surface area contributed by atoms with Crippen molar-refractivity contribution in [1.82, 2.24) is 9.78 Å². The molecular weight excluding hydrogens is 256 g/mol. The van der Waals surface area contributed by atoms with Crippen LogP contribution in [-0.4, -0.2) is 14.7 Å². The van der Waals surface area contributed by atoms with Crippen molar-refractivity contribution in [3.63, 3.8) is 0 Å². The zero-order valence-corrected chi connectivity index (χ0v) is 11.6. The molecule has 2 N–H and O–H groups in total. The summed E-state index contributed by atoms with van der Waals surface area (Å²) in [6, 6.07) is 6.51. The Labute approximate surface area is 117 Å². The number of nitro benzene ring substituents is 1. The molecule has 0 atom stereocenters. The molecule has 0 saturated carbocycles. The van der Waals surface area contributed by atoms with Crippen LogP contribution in [0.2, 0.25) is 0 Å². The van der Waals surface area contributed by atoms with E-state index in [1.54, 1.807) is 29.1 Å². The average Bonchev–Trinajstić information content (AvgIpc) is 2.77. The second-order valence-electron chi connectivity index (χ2n) is 5.15. The lowest BCUT2D eigenvalue weighted by atomic mass is 10.1. The number of nitrogens with zero attached hydrogens (tertiary/aromatic N) is 3. The molecule has 6 nitrogen and oxygen atoms in total. The molecule has 2 rings (SSSR count). The Morgan fingerprint density at radius 1 is 1.40 bits per heavy atom. The van der Waals surface area contributed by atoms with Gasteiger partial charge in [0.2, 0.25) is 0 Å². The predicted octanol–water partition coefficient (Wildman–Crippen LogP) is 3.09. The number of nitro groups is 1. The lowest BCUT2D eigenvalue weighted by Gasteiger charge is -2.04. The number of para-hydroxylation sites is 1. The highest BCUT2D eigenvalue weighted by atomic mass is 16.6. The first-order valence-corrected chi connectivity index (χ1v) is 6.55. The van der Waals surface area contributed by atoms with E-state index in [2.05, 4.69) is 18.9 Å². The van der Waals surface area contributed by atoms with Gasteiger partial charge in [0.15, 0.2) is 0 Å². The third-order valence-electron chi connectivity index (χ3n) is 3.08. The lowest BCUT2D eigenvalue weighted by molar-refractivity contribution is -0.384. The predicted molar refractivity (Wildman–Crippen MR) is 78.2 cm³/mol. The standard InChI is InChI=1S/C14H18N4O2/c1-10(2)7-8-17-9-12(15)14(16-17)11-5-3-4-6-13(11)18(19)20/h3-6,9-10H,7-8,15H2,1-2H3. The van der Waals surface area contributed by atoms with Gasteiger partial charge >= 0.3 is 0 Å². The first-order chi connectivity index (χ1) is 9.49. The van der Waals surface area contributed by atoms with E-state index in [9.17, 15) is 10.1 Å². The number of nitrogen functional groups attached to an aromatic ring is 1. The fraction of sp³-hybridized carbons (Fsp3) is 0.357. The molecule has 0 spiro atoms. The Bertz CT molecular complexity index is 619. The molecule has 0 saturated heterocycles. The molecule has 20 heavy (non-hydrogen) atoms. The Balaban J connectivity index is 2.36. The second-order valence-corrected chi connectivity index (χ2v) is 5.15. The van der Waals surface area contributed by atoms with E-state index >= 15 is 0 Å². The largest absolute Gasteiger partial charge is 0.396 e. The molecule has 1 aromatic carbocycles.